The minimum Gasteiger partial charge on any atom is -0.481 e. The summed E-state index contributed by atoms with van der Waals surface area (Å²) in [5.74, 6) is -0.855. The van der Waals surface area contributed by atoms with Crippen LogP contribution in [0.15, 0.2) is 0 Å². The molecular weight excluding hydrogens is 260 g/mol. The fourth-order valence-electron chi connectivity index (χ4n) is 2.72. The van der Waals surface area contributed by atoms with Crippen molar-refractivity contribution in [3.8, 4) is 0 Å². The zero-order valence-corrected chi connectivity index (χ0v) is 12.6. The number of carboxylic acids is 1. The van der Waals surface area contributed by atoms with Crippen molar-refractivity contribution in [3.05, 3.63) is 0 Å². The van der Waals surface area contributed by atoms with E-state index < -0.39 is 11.4 Å². The van der Waals surface area contributed by atoms with Crippen molar-refractivity contribution in [3.63, 3.8) is 0 Å². The van der Waals surface area contributed by atoms with Crippen LogP contribution in [0, 0.1) is 5.41 Å². The van der Waals surface area contributed by atoms with Gasteiger partial charge in [-0.2, -0.15) is 0 Å². The minimum atomic E-state index is -0.880. The zero-order valence-electron chi connectivity index (χ0n) is 12.6. The van der Waals surface area contributed by atoms with Crippen LogP contribution in [0.1, 0.15) is 33.1 Å². The summed E-state index contributed by atoms with van der Waals surface area (Å²) in [6, 6.07) is -0.00883. The number of ether oxygens (including phenoxy) is 1. The number of hydrogen-bond acceptors (Lipinski definition) is 4. The molecule has 1 aliphatic heterocycles. The molecule has 6 heteroatoms. The summed E-state index contributed by atoms with van der Waals surface area (Å²) in [5.41, 5.74) is -0.511. The monoisotopic (exact) mass is 286 g/mol. The van der Waals surface area contributed by atoms with E-state index in [0.717, 1.165) is 25.9 Å². The van der Waals surface area contributed by atoms with Crippen molar-refractivity contribution in [2.45, 2.75) is 39.2 Å². The number of nitrogens with zero attached hydrogens (tertiary/aromatic N) is 1. The summed E-state index contributed by atoms with van der Waals surface area (Å²) in [6.45, 7) is 6.07. The highest BCUT2D eigenvalue weighted by Crippen LogP contribution is 2.32. The number of aliphatic carboxylic acids is 1. The summed E-state index contributed by atoms with van der Waals surface area (Å²) in [6.07, 6.45) is 1.44. The Hall–Kier alpha value is -1.14. The predicted molar refractivity (Wildman–Crippen MR) is 75.5 cm³/mol. The lowest BCUT2D eigenvalue weighted by molar-refractivity contribution is -0.150. The van der Waals surface area contributed by atoms with Gasteiger partial charge in [-0.05, 0) is 39.8 Å². The molecule has 0 aromatic carbocycles. The number of piperidine rings is 1. The lowest BCUT2D eigenvalue weighted by Crippen LogP contribution is -2.53. The van der Waals surface area contributed by atoms with Gasteiger partial charge in [-0.3, -0.25) is 9.59 Å². The van der Waals surface area contributed by atoms with E-state index in [4.69, 9.17) is 9.84 Å². The van der Waals surface area contributed by atoms with Gasteiger partial charge in [0.2, 0.25) is 5.91 Å². The average molecular weight is 286 g/mol. The van der Waals surface area contributed by atoms with Gasteiger partial charge < -0.3 is 20.1 Å². The van der Waals surface area contributed by atoms with Gasteiger partial charge in [0.1, 0.15) is 0 Å². The zero-order chi connectivity index (χ0) is 15.2. The van der Waals surface area contributed by atoms with Crippen LogP contribution in [-0.4, -0.2) is 61.3 Å². The highest BCUT2D eigenvalue weighted by molar-refractivity contribution is 5.83. The minimum absolute atomic E-state index is 0.00883. The van der Waals surface area contributed by atoms with Gasteiger partial charge in [0.25, 0.3) is 0 Å². The first-order valence-electron chi connectivity index (χ1n) is 7.15. The molecule has 0 spiro atoms. The molecule has 1 saturated heterocycles. The number of nitrogens with one attached hydrogen (secondary N) is 1. The van der Waals surface area contributed by atoms with Crippen molar-refractivity contribution in [1.82, 2.24) is 10.2 Å². The third-order valence-electron chi connectivity index (χ3n) is 3.89. The SMILES string of the molecule is COCC1(C(=O)N(CCC(=O)O)C(C)C)CCNCC1. The first kappa shape index (κ1) is 16.9. The van der Waals surface area contributed by atoms with Gasteiger partial charge in [0.05, 0.1) is 18.4 Å². The maximum Gasteiger partial charge on any atom is 0.305 e. The van der Waals surface area contributed by atoms with E-state index >= 15 is 0 Å². The van der Waals surface area contributed by atoms with Crippen LogP contribution in [0.4, 0.5) is 0 Å². The number of rotatable bonds is 7. The number of amides is 1. The van der Waals surface area contributed by atoms with E-state index in [-0.39, 0.29) is 24.9 Å². The molecule has 0 bridgehead atoms. The Morgan fingerprint density at radius 1 is 1.35 bits per heavy atom. The van der Waals surface area contributed by atoms with Gasteiger partial charge in [0.15, 0.2) is 0 Å². The van der Waals surface area contributed by atoms with Crippen molar-refractivity contribution < 1.29 is 19.4 Å². The van der Waals surface area contributed by atoms with Crippen molar-refractivity contribution in [2.75, 3.05) is 33.4 Å². The van der Waals surface area contributed by atoms with Crippen molar-refractivity contribution >= 4 is 11.9 Å². The molecule has 116 valence electrons. The summed E-state index contributed by atoms with van der Waals surface area (Å²) in [4.78, 5) is 25.3. The molecule has 0 saturated carbocycles. The maximum absolute atomic E-state index is 12.9. The Balaban J connectivity index is 2.85. The molecule has 0 aromatic rings. The van der Waals surface area contributed by atoms with Gasteiger partial charge in [-0.1, -0.05) is 0 Å². The largest absolute Gasteiger partial charge is 0.481 e. The third kappa shape index (κ3) is 4.18. The molecule has 0 radical (unpaired) electrons. The van der Waals surface area contributed by atoms with Gasteiger partial charge in [0, 0.05) is 19.7 Å². The second kappa shape index (κ2) is 7.59. The van der Waals surface area contributed by atoms with E-state index in [1.807, 2.05) is 13.8 Å². The summed E-state index contributed by atoms with van der Waals surface area (Å²) in [7, 11) is 1.61. The van der Waals surface area contributed by atoms with E-state index in [9.17, 15) is 9.59 Å². The van der Waals surface area contributed by atoms with Crippen molar-refractivity contribution in [2.24, 2.45) is 5.41 Å². The molecule has 6 nitrogen and oxygen atoms in total. The molecular formula is C14H26N2O4. The molecule has 0 aromatic heterocycles. The normalized spacial score (nSPS) is 18.0. The van der Waals surface area contributed by atoms with Crippen LogP contribution in [0.5, 0.6) is 0 Å². The van der Waals surface area contributed by atoms with E-state index in [1.54, 1.807) is 12.0 Å². The molecule has 1 rings (SSSR count). The molecule has 1 fully saturated rings. The van der Waals surface area contributed by atoms with Crippen LogP contribution in [0.25, 0.3) is 0 Å². The first-order valence-corrected chi connectivity index (χ1v) is 7.15. The smallest absolute Gasteiger partial charge is 0.305 e. The van der Waals surface area contributed by atoms with Gasteiger partial charge >= 0.3 is 5.97 Å². The highest BCUT2D eigenvalue weighted by Gasteiger charge is 2.42. The number of methoxy groups -OCH3 is 1. The summed E-state index contributed by atoms with van der Waals surface area (Å²) in [5, 5.41) is 12.1. The third-order valence-corrected chi connectivity index (χ3v) is 3.89. The van der Waals surface area contributed by atoms with E-state index in [2.05, 4.69) is 5.32 Å². The molecule has 2 N–H and O–H groups in total. The second-order valence-corrected chi connectivity index (χ2v) is 5.70. The first-order chi connectivity index (χ1) is 9.43. The van der Waals surface area contributed by atoms with Crippen LogP contribution < -0.4 is 5.32 Å². The Labute approximate surface area is 120 Å². The molecule has 1 amide bonds. The number of carbonyl (C=O) groups is 2. The lowest BCUT2D eigenvalue weighted by Gasteiger charge is -2.41. The lowest BCUT2D eigenvalue weighted by atomic mass is 9.78. The number of carboxylic acid groups (broad SMARTS) is 1. The van der Waals surface area contributed by atoms with Crippen LogP contribution >= 0.6 is 0 Å². The quantitative estimate of drug-likeness (QED) is 0.721. The molecule has 20 heavy (non-hydrogen) atoms. The second-order valence-electron chi connectivity index (χ2n) is 5.70. The summed E-state index contributed by atoms with van der Waals surface area (Å²) < 4.78 is 5.27. The Bertz CT molecular complexity index is 333. The average Bonchev–Trinajstić information content (AvgIpc) is 2.39. The van der Waals surface area contributed by atoms with Crippen LogP contribution in [-0.2, 0) is 14.3 Å². The van der Waals surface area contributed by atoms with Gasteiger partial charge in [-0.15, -0.1) is 0 Å². The van der Waals surface area contributed by atoms with E-state index in [1.165, 1.54) is 0 Å². The fourth-order valence-corrected chi connectivity index (χ4v) is 2.72. The molecule has 1 heterocycles. The van der Waals surface area contributed by atoms with Crippen molar-refractivity contribution in [1.29, 1.82) is 0 Å². The Morgan fingerprint density at radius 2 is 1.95 bits per heavy atom. The van der Waals surface area contributed by atoms with Crippen LogP contribution in [0.3, 0.4) is 0 Å². The van der Waals surface area contributed by atoms with Crippen LogP contribution in [0.2, 0.25) is 0 Å². The molecule has 0 atom stereocenters. The Kier molecular flexibility index (Phi) is 6.42. The Morgan fingerprint density at radius 3 is 2.40 bits per heavy atom. The fraction of sp³-hybridized carbons (Fsp3) is 0.857. The molecule has 1 aliphatic rings. The maximum atomic E-state index is 12.9. The highest BCUT2D eigenvalue weighted by atomic mass is 16.5. The molecule has 0 unspecified atom stereocenters. The number of hydrogen-bond donors (Lipinski definition) is 2. The van der Waals surface area contributed by atoms with Gasteiger partial charge in [-0.25, -0.2) is 0 Å². The summed E-state index contributed by atoms with van der Waals surface area (Å²) >= 11 is 0. The standard InChI is InChI=1S/C14H26N2O4/c1-11(2)16(9-4-12(17)18)13(19)14(10-20-3)5-7-15-8-6-14/h11,15H,4-10H2,1-3H3,(H,17,18). The molecule has 0 aliphatic carbocycles. The van der Waals surface area contributed by atoms with E-state index in [0.29, 0.717) is 6.61 Å². The predicted octanol–water partition coefficient (Wildman–Crippen LogP) is 0.714. The number of carbonyl (C=O) groups excluding carboxylic acids is 1. The topological polar surface area (TPSA) is 78.9 Å².